The van der Waals surface area contributed by atoms with Crippen LogP contribution < -0.4 is 4.90 Å². The van der Waals surface area contributed by atoms with Crippen molar-refractivity contribution in [3.8, 4) is 117 Å². The first-order valence-corrected chi connectivity index (χ1v) is 35.9. The number of para-hydroxylation sites is 3. The highest BCUT2D eigenvalue weighted by Gasteiger charge is 2.36. The minimum Gasteiger partial charge on any atom is -0.313 e. The lowest BCUT2D eigenvalue weighted by molar-refractivity contribution is 0.660. The minimum absolute atomic E-state index is 0.0684. The molecule has 3 heterocycles. The van der Waals surface area contributed by atoms with Crippen LogP contribution in [0.25, 0.3) is 161 Å². The molecular formula is C99H70N4. The zero-order valence-electron chi connectivity index (χ0n) is 57.8. The number of nitrogens with zero attached hydrogens (tertiary/aromatic N) is 4. The molecule has 0 aliphatic heterocycles. The fourth-order valence-corrected chi connectivity index (χ4v) is 17.7. The fraction of sp³-hybridized carbons (Fsp3) is 0.0505. The molecular weight excluding hydrogens is 1250 g/mol. The van der Waals surface area contributed by atoms with Crippen LogP contribution in [0.5, 0.6) is 0 Å². The van der Waals surface area contributed by atoms with Crippen LogP contribution in [0.1, 0.15) is 36.4 Å². The standard InChI is InChI=1S/C54H40N2.C45H30N2/c1-35-52-47-20-10-9-17-43(47)42-16-7-8-18-44(42)48-21-13-23-51(53(48)52)55(35)39-28-24-36(25-29-39)37-26-30-40(31-27-37)56(38-14-5-4-6-15-38)41-32-33-46-45-19-11-12-22-49(45)54(2,3)50(46)34-41;1-29-44-39-16-5-4-12-35(39)34-11-2-3-13-36(34)40-17-10-20-43(45(40)44)46(29)32-25-21-30(22-26-32)31-23-27-33(28-24-31)47-41-18-8-6-14-37(41)38-15-7-9-19-42(38)47/h4-34H,1-3H3;2-28H,1H3. The Bertz CT molecular complexity index is 6380. The lowest BCUT2D eigenvalue weighted by atomic mass is 9.82. The van der Waals surface area contributed by atoms with Crippen molar-refractivity contribution >= 4 is 60.7 Å². The third kappa shape index (κ3) is 9.30. The molecule has 21 rings (SSSR count). The van der Waals surface area contributed by atoms with Crippen LogP contribution in [0.3, 0.4) is 0 Å². The van der Waals surface area contributed by atoms with E-state index >= 15 is 0 Å². The van der Waals surface area contributed by atoms with Crippen molar-refractivity contribution in [2.45, 2.75) is 33.1 Å². The number of benzene rings is 15. The van der Waals surface area contributed by atoms with Gasteiger partial charge in [0, 0.05) is 83.6 Å². The third-order valence-electron chi connectivity index (χ3n) is 22.5. The van der Waals surface area contributed by atoms with E-state index in [0.717, 1.165) is 17.1 Å². The highest BCUT2D eigenvalue weighted by atomic mass is 15.1. The summed E-state index contributed by atoms with van der Waals surface area (Å²) in [6, 6.07) is 129. The number of anilines is 3. The first kappa shape index (κ1) is 60.0. The third-order valence-corrected chi connectivity index (χ3v) is 22.5. The normalized spacial score (nSPS) is 12.5. The van der Waals surface area contributed by atoms with Crippen molar-refractivity contribution in [1.82, 2.24) is 13.7 Å². The smallest absolute Gasteiger partial charge is 0.0544 e. The average Bonchev–Trinajstić information content (AvgIpc) is 1.57. The highest BCUT2D eigenvalue weighted by molar-refractivity contribution is 6.16. The Morgan fingerprint density at radius 1 is 0.233 bits per heavy atom. The number of hydrogen-bond acceptors (Lipinski definition) is 1. The molecule has 0 atom stereocenters. The minimum atomic E-state index is -0.0684. The molecule has 0 saturated heterocycles. The molecule has 0 fully saturated rings. The highest BCUT2D eigenvalue weighted by Crippen LogP contribution is 2.54. The zero-order chi connectivity index (χ0) is 68.6. The van der Waals surface area contributed by atoms with Crippen LogP contribution in [-0.4, -0.2) is 13.7 Å². The number of aromatic nitrogens is 3. The quantitative estimate of drug-likeness (QED) is 0.148. The predicted molar refractivity (Wildman–Crippen MR) is 433 cm³/mol. The van der Waals surface area contributed by atoms with E-state index in [0.29, 0.717) is 0 Å². The molecule has 15 aromatic carbocycles. The number of hydrogen-bond donors (Lipinski definition) is 0. The summed E-state index contributed by atoms with van der Waals surface area (Å²) in [4.78, 5) is 2.38. The van der Waals surface area contributed by atoms with Crippen molar-refractivity contribution in [1.29, 1.82) is 0 Å². The van der Waals surface area contributed by atoms with Gasteiger partial charge in [-0.15, -0.1) is 0 Å². The Kier molecular flexibility index (Phi) is 13.7. The molecule has 0 unspecified atom stereocenters. The molecule has 3 aliphatic rings. The first-order chi connectivity index (χ1) is 50.7. The molecule has 486 valence electrons. The molecule has 0 amide bonds. The Morgan fingerprint density at radius 2 is 0.553 bits per heavy atom. The Balaban J connectivity index is 0.000000140. The summed E-state index contributed by atoms with van der Waals surface area (Å²) >= 11 is 0. The maximum atomic E-state index is 2.44. The molecule has 0 saturated carbocycles. The zero-order valence-corrected chi connectivity index (χ0v) is 57.8. The molecule has 0 spiro atoms. The van der Waals surface area contributed by atoms with E-state index in [1.807, 2.05) is 0 Å². The molecule has 103 heavy (non-hydrogen) atoms. The van der Waals surface area contributed by atoms with E-state index in [2.05, 4.69) is 398 Å². The van der Waals surface area contributed by atoms with Gasteiger partial charge in [-0.2, -0.15) is 0 Å². The topological polar surface area (TPSA) is 18.0 Å². The van der Waals surface area contributed by atoms with E-state index in [1.165, 1.54) is 183 Å². The summed E-state index contributed by atoms with van der Waals surface area (Å²) in [6.07, 6.45) is 0. The molecule has 3 aromatic heterocycles. The maximum Gasteiger partial charge on any atom is 0.0544 e. The summed E-state index contributed by atoms with van der Waals surface area (Å²) in [7, 11) is 0. The van der Waals surface area contributed by atoms with Gasteiger partial charge < -0.3 is 18.6 Å². The van der Waals surface area contributed by atoms with Gasteiger partial charge in [0.25, 0.3) is 0 Å². The van der Waals surface area contributed by atoms with Crippen LogP contribution >= 0.6 is 0 Å². The van der Waals surface area contributed by atoms with Crippen LogP contribution in [0.2, 0.25) is 0 Å². The van der Waals surface area contributed by atoms with Crippen LogP contribution in [-0.2, 0) is 5.41 Å². The molecule has 4 heteroatoms. The largest absolute Gasteiger partial charge is 0.313 e. The van der Waals surface area contributed by atoms with Gasteiger partial charge in [-0.25, -0.2) is 0 Å². The average molecular weight is 1320 g/mol. The Hall–Kier alpha value is -13.0. The molecule has 0 radical (unpaired) electrons. The first-order valence-electron chi connectivity index (χ1n) is 35.9. The Morgan fingerprint density at radius 3 is 1.02 bits per heavy atom. The van der Waals surface area contributed by atoms with Gasteiger partial charge in [-0.05, 0) is 211 Å². The SMILES string of the molecule is Cc1c2c3c(cccc3n1-c1ccc(-c3ccc(-n4c5ccccc5c5ccccc54)cc3)cc1)-c1ccccc1-c1ccccc1-2.Cc1c2c3c(cccc3n1-c1ccc(-c3ccc(N(c4ccccc4)c4ccc5c(c4)C(C)(C)c4ccccc4-5)cc3)cc1)-c1ccccc1-c1ccccc1-2. The summed E-state index contributed by atoms with van der Waals surface area (Å²) in [5.41, 5.74) is 40.1. The van der Waals surface area contributed by atoms with E-state index < -0.39 is 0 Å². The second-order valence-electron chi connectivity index (χ2n) is 28.3. The van der Waals surface area contributed by atoms with Gasteiger partial charge in [0.1, 0.15) is 0 Å². The van der Waals surface area contributed by atoms with Crippen molar-refractivity contribution in [2.24, 2.45) is 0 Å². The van der Waals surface area contributed by atoms with Crippen LogP contribution in [0.15, 0.2) is 352 Å². The number of fused-ring (bicyclic) bond motifs is 16. The van der Waals surface area contributed by atoms with Gasteiger partial charge in [0.05, 0.1) is 22.1 Å². The van der Waals surface area contributed by atoms with E-state index in [9.17, 15) is 0 Å². The van der Waals surface area contributed by atoms with Gasteiger partial charge in [0.2, 0.25) is 0 Å². The van der Waals surface area contributed by atoms with Crippen molar-refractivity contribution in [3.63, 3.8) is 0 Å². The summed E-state index contributed by atoms with van der Waals surface area (Å²) < 4.78 is 7.25. The Labute approximate surface area is 600 Å². The lowest BCUT2D eigenvalue weighted by Gasteiger charge is -2.28. The van der Waals surface area contributed by atoms with Crippen LogP contribution in [0.4, 0.5) is 17.1 Å². The van der Waals surface area contributed by atoms with E-state index in [4.69, 9.17) is 0 Å². The van der Waals surface area contributed by atoms with Gasteiger partial charge >= 0.3 is 0 Å². The number of rotatable bonds is 8. The molecule has 0 N–H and O–H groups in total. The van der Waals surface area contributed by atoms with Crippen molar-refractivity contribution in [3.05, 3.63) is 374 Å². The second-order valence-corrected chi connectivity index (χ2v) is 28.3. The maximum absolute atomic E-state index is 2.44. The molecule has 3 aliphatic carbocycles. The lowest BCUT2D eigenvalue weighted by Crippen LogP contribution is -2.16. The second kappa shape index (κ2) is 23.6. The molecule has 0 bridgehead atoms. The van der Waals surface area contributed by atoms with E-state index in [1.54, 1.807) is 0 Å². The fourth-order valence-electron chi connectivity index (χ4n) is 17.7. The van der Waals surface area contributed by atoms with Crippen molar-refractivity contribution < 1.29 is 0 Å². The van der Waals surface area contributed by atoms with Crippen molar-refractivity contribution in [2.75, 3.05) is 4.90 Å². The molecule has 4 nitrogen and oxygen atoms in total. The monoisotopic (exact) mass is 1310 g/mol. The van der Waals surface area contributed by atoms with E-state index in [-0.39, 0.29) is 5.41 Å². The van der Waals surface area contributed by atoms with Gasteiger partial charge in [-0.3, -0.25) is 0 Å². The molecule has 18 aromatic rings. The van der Waals surface area contributed by atoms with Gasteiger partial charge in [0.15, 0.2) is 0 Å². The summed E-state index contributed by atoms with van der Waals surface area (Å²) in [5, 5.41) is 5.21. The predicted octanol–water partition coefficient (Wildman–Crippen LogP) is 26.7. The summed E-state index contributed by atoms with van der Waals surface area (Å²) in [6.45, 7) is 9.24. The van der Waals surface area contributed by atoms with Crippen LogP contribution in [0, 0.1) is 13.8 Å². The summed E-state index contributed by atoms with van der Waals surface area (Å²) in [5.74, 6) is 0. The van der Waals surface area contributed by atoms with Gasteiger partial charge in [-0.1, -0.05) is 269 Å².